The minimum atomic E-state index is -3.34. The van der Waals surface area contributed by atoms with Crippen molar-refractivity contribution in [1.82, 2.24) is 0 Å². The molecule has 2 rings (SSSR count). The first kappa shape index (κ1) is 16.5. The minimum absolute atomic E-state index is 0.0506. The fourth-order valence-electron chi connectivity index (χ4n) is 2.90. The predicted molar refractivity (Wildman–Crippen MR) is 82.4 cm³/mol. The standard InChI is InChI=1S/C16H24O4S/c1-13-6-8-16(18,9-7-13)12-21(19,20)11-15-4-2-14(10-17)3-5-15/h2-5,13,17-18H,6-12H2,1H3. The van der Waals surface area contributed by atoms with E-state index in [1.165, 1.54) is 0 Å². The summed E-state index contributed by atoms with van der Waals surface area (Å²) in [6.45, 7) is 2.09. The first-order chi connectivity index (χ1) is 9.82. The highest BCUT2D eigenvalue weighted by atomic mass is 32.2. The Morgan fingerprint density at radius 2 is 1.67 bits per heavy atom. The monoisotopic (exact) mass is 312 g/mol. The highest BCUT2D eigenvalue weighted by molar-refractivity contribution is 7.90. The molecule has 21 heavy (non-hydrogen) atoms. The Labute approximate surface area is 126 Å². The number of aliphatic hydroxyl groups excluding tert-OH is 1. The van der Waals surface area contributed by atoms with Crippen LogP contribution in [-0.2, 0) is 22.2 Å². The van der Waals surface area contributed by atoms with Crippen molar-refractivity contribution in [1.29, 1.82) is 0 Å². The van der Waals surface area contributed by atoms with Gasteiger partial charge in [-0.2, -0.15) is 0 Å². The third-order valence-corrected chi connectivity index (χ3v) is 6.04. The Hall–Kier alpha value is -0.910. The lowest BCUT2D eigenvalue weighted by Crippen LogP contribution is -2.40. The first-order valence-electron chi connectivity index (χ1n) is 7.43. The molecule has 118 valence electrons. The summed E-state index contributed by atoms with van der Waals surface area (Å²) >= 11 is 0. The van der Waals surface area contributed by atoms with Gasteiger partial charge in [0.15, 0.2) is 9.84 Å². The van der Waals surface area contributed by atoms with Gasteiger partial charge in [-0.25, -0.2) is 8.42 Å². The largest absolute Gasteiger partial charge is 0.392 e. The van der Waals surface area contributed by atoms with E-state index in [1.54, 1.807) is 24.3 Å². The van der Waals surface area contributed by atoms with Gasteiger partial charge in [-0.05, 0) is 42.7 Å². The van der Waals surface area contributed by atoms with Crippen molar-refractivity contribution in [3.63, 3.8) is 0 Å². The second kappa shape index (κ2) is 6.46. The van der Waals surface area contributed by atoms with Crippen molar-refractivity contribution in [2.24, 2.45) is 5.92 Å². The quantitative estimate of drug-likeness (QED) is 0.872. The van der Waals surface area contributed by atoms with Gasteiger partial charge >= 0.3 is 0 Å². The van der Waals surface area contributed by atoms with Gasteiger partial charge < -0.3 is 10.2 Å². The van der Waals surface area contributed by atoms with Crippen molar-refractivity contribution in [3.05, 3.63) is 35.4 Å². The zero-order chi connectivity index (χ0) is 15.5. The molecule has 0 aliphatic heterocycles. The summed E-state index contributed by atoms with van der Waals surface area (Å²) in [4.78, 5) is 0. The van der Waals surface area contributed by atoms with Crippen LogP contribution in [0.25, 0.3) is 0 Å². The second-order valence-corrected chi connectivity index (χ2v) is 8.48. The van der Waals surface area contributed by atoms with Crippen LogP contribution in [0.5, 0.6) is 0 Å². The fourth-order valence-corrected chi connectivity index (χ4v) is 4.81. The normalized spacial score (nSPS) is 26.7. The molecule has 1 fully saturated rings. The summed E-state index contributed by atoms with van der Waals surface area (Å²) in [6.07, 6.45) is 2.90. The Morgan fingerprint density at radius 1 is 1.14 bits per heavy atom. The fraction of sp³-hybridized carbons (Fsp3) is 0.625. The number of sulfone groups is 1. The Bertz CT molecular complexity index is 554. The molecule has 2 N–H and O–H groups in total. The molecule has 4 nitrogen and oxygen atoms in total. The summed E-state index contributed by atoms with van der Waals surface area (Å²) in [7, 11) is -3.34. The maximum absolute atomic E-state index is 12.3. The molecule has 0 amide bonds. The maximum Gasteiger partial charge on any atom is 0.157 e. The predicted octanol–water partition coefficient (Wildman–Crippen LogP) is 2.03. The lowest BCUT2D eigenvalue weighted by Gasteiger charge is -2.34. The van der Waals surface area contributed by atoms with E-state index in [0.29, 0.717) is 24.3 Å². The van der Waals surface area contributed by atoms with Gasteiger partial charge in [-0.15, -0.1) is 0 Å². The van der Waals surface area contributed by atoms with Gasteiger partial charge in [0.25, 0.3) is 0 Å². The van der Waals surface area contributed by atoms with E-state index >= 15 is 0 Å². The Kier molecular flexibility index (Phi) is 5.07. The van der Waals surface area contributed by atoms with Gasteiger partial charge in [0.1, 0.15) is 0 Å². The molecular formula is C16H24O4S. The minimum Gasteiger partial charge on any atom is -0.392 e. The summed E-state index contributed by atoms with van der Waals surface area (Å²) in [5.41, 5.74) is 0.396. The Morgan fingerprint density at radius 3 is 2.19 bits per heavy atom. The summed E-state index contributed by atoms with van der Waals surface area (Å²) in [5, 5.41) is 19.5. The van der Waals surface area contributed by atoms with E-state index in [-0.39, 0.29) is 18.1 Å². The van der Waals surface area contributed by atoms with Crippen LogP contribution >= 0.6 is 0 Å². The van der Waals surface area contributed by atoms with Crippen molar-refractivity contribution in [2.75, 3.05) is 5.75 Å². The highest BCUT2D eigenvalue weighted by Gasteiger charge is 2.36. The van der Waals surface area contributed by atoms with Crippen LogP contribution in [0, 0.1) is 5.92 Å². The molecule has 1 aliphatic carbocycles. The SMILES string of the molecule is CC1CCC(O)(CS(=O)(=O)Cc2ccc(CO)cc2)CC1. The van der Waals surface area contributed by atoms with Crippen LogP contribution < -0.4 is 0 Å². The van der Waals surface area contributed by atoms with E-state index in [1.807, 2.05) is 0 Å². The molecule has 1 aromatic rings. The third-order valence-electron chi connectivity index (χ3n) is 4.29. The van der Waals surface area contributed by atoms with E-state index in [9.17, 15) is 13.5 Å². The smallest absolute Gasteiger partial charge is 0.157 e. The second-order valence-electron chi connectivity index (χ2n) is 6.41. The summed E-state index contributed by atoms with van der Waals surface area (Å²) in [6, 6.07) is 6.88. The Balaban J connectivity index is 2.01. The molecule has 5 heteroatoms. The van der Waals surface area contributed by atoms with E-state index in [0.717, 1.165) is 18.4 Å². The van der Waals surface area contributed by atoms with Gasteiger partial charge in [-0.1, -0.05) is 31.2 Å². The van der Waals surface area contributed by atoms with Crippen molar-refractivity contribution in [2.45, 2.75) is 50.6 Å². The van der Waals surface area contributed by atoms with Crippen molar-refractivity contribution < 1.29 is 18.6 Å². The maximum atomic E-state index is 12.3. The van der Waals surface area contributed by atoms with Gasteiger partial charge in [0.05, 0.1) is 23.7 Å². The number of hydrogen-bond acceptors (Lipinski definition) is 4. The molecule has 0 saturated heterocycles. The first-order valence-corrected chi connectivity index (χ1v) is 9.25. The van der Waals surface area contributed by atoms with Crippen LogP contribution in [0.3, 0.4) is 0 Å². The molecule has 1 aromatic carbocycles. The van der Waals surface area contributed by atoms with E-state index in [2.05, 4.69) is 6.92 Å². The van der Waals surface area contributed by atoms with Crippen LogP contribution in [0.1, 0.15) is 43.7 Å². The number of rotatable bonds is 5. The van der Waals surface area contributed by atoms with Crippen LogP contribution in [0.2, 0.25) is 0 Å². The number of benzene rings is 1. The molecule has 0 spiro atoms. The number of hydrogen-bond donors (Lipinski definition) is 2. The molecule has 0 unspecified atom stereocenters. The molecule has 0 bridgehead atoms. The molecular weight excluding hydrogens is 288 g/mol. The highest BCUT2D eigenvalue weighted by Crippen LogP contribution is 2.33. The van der Waals surface area contributed by atoms with Crippen molar-refractivity contribution >= 4 is 9.84 Å². The molecule has 0 atom stereocenters. The van der Waals surface area contributed by atoms with Crippen LogP contribution in [0.4, 0.5) is 0 Å². The number of aliphatic hydroxyl groups is 2. The third kappa shape index (κ3) is 4.80. The molecule has 0 aromatic heterocycles. The summed E-state index contributed by atoms with van der Waals surface area (Å²) < 4.78 is 24.6. The van der Waals surface area contributed by atoms with Crippen LogP contribution in [-0.4, -0.2) is 30.0 Å². The van der Waals surface area contributed by atoms with Gasteiger partial charge in [0.2, 0.25) is 0 Å². The molecule has 1 aliphatic rings. The topological polar surface area (TPSA) is 74.6 Å². The lowest BCUT2D eigenvalue weighted by atomic mass is 9.81. The lowest BCUT2D eigenvalue weighted by molar-refractivity contribution is 0.0135. The average molecular weight is 312 g/mol. The van der Waals surface area contributed by atoms with Gasteiger partial charge in [-0.3, -0.25) is 0 Å². The van der Waals surface area contributed by atoms with Crippen LogP contribution in [0.15, 0.2) is 24.3 Å². The van der Waals surface area contributed by atoms with E-state index < -0.39 is 15.4 Å². The zero-order valence-electron chi connectivity index (χ0n) is 12.5. The molecule has 1 saturated carbocycles. The summed E-state index contributed by atoms with van der Waals surface area (Å²) in [5.74, 6) is 0.351. The van der Waals surface area contributed by atoms with Gasteiger partial charge in [0, 0.05) is 0 Å². The molecule has 0 heterocycles. The molecule has 0 radical (unpaired) electrons. The zero-order valence-corrected chi connectivity index (χ0v) is 13.3. The van der Waals surface area contributed by atoms with Crippen molar-refractivity contribution in [3.8, 4) is 0 Å². The average Bonchev–Trinajstić information content (AvgIpc) is 2.42. The van der Waals surface area contributed by atoms with E-state index in [4.69, 9.17) is 5.11 Å².